The molecule has 30 heavy (non-hydrogen) atoms. The average Bonchev–Trinajstić information content (AvgIpc) is 3.32. The minimum Gasteiger partial charge on any atom is -0.475 e. The third-order valence-electron chi connectivity index (χ3n) is 6.27. The highest BCUT2D eigenvalue weighted by molar-refractivity contribution is 7.80. The van der Waals surface area contributed by atoms with Crippen LogP contribution in [0.2, 0.25) is 0 Å². The number of hydrogen-bond donors (Lipinski definition) is 0. The van der Waals surface area contributed by atoms with E-state index < -0.39 is 7.92 Å². The molecule has 152 valence electrons. The normalized spacial score (nSPS) is 19.5. The summed E-state index contributed by atoms with van der Waals surface area (Å²) >= 11 is 0. The Balaban J connectivity index is 1.55. The van der Waals surface area contributed by atoms with E-state index in [4.69, 9.17) is 9.73 Å². The Morgan fingerprint density at radius 1 is 0.700 bits per heavy atom. The fourth-order valence-electron chi connectivity index (χ4n) is 4.73. The minimum atomic E-state index is -0.672. The van der Waals surface area contributed by atoms with E-state index in [1.165, 1.54) is 48.0 Å². The SMILES string of the molecule is c1ccc(P(c2ccccc2)c2ccccc2C2=NC(C3CCCCC3)CO2)cc1. The van der Waals surface area contributed by atoms with E-state index in [2.05, 4.69) is 84.9 Å². The van der Waals surface area contributed by atoms with Gasteiger partial charge in [-0.05, 0) is 48.7 Å². The van der Waals surface area contributed by atoms with Gasteiger partial charge in [0.25, 0.3) is 0 Å². The minimum absolute atomic E-state index is 0.327. The molecule has 0 bridgehead atoms. The maximum Gasteiger partial charge on any atom is 0.217 e. The first-order valence-electron chi connectivity index (χ1n) is 11.1. The molecule has 0 amide bonds. The van der Waals surface area contributed by atoms with E-state index in [1.807, 2.05) is 0 Å². The molecule has 3 aromatic rings. The predicted molar refractivity (Wildman–Crippen MR) is 128 cm³/mol. The van der Waals surface area contributed by atoms with E-state index in [0.29, 0.717) is 12.0 Å². The van der Waals surface area contributed by atoms with E-state index in [-0.39, 0.29) is 0 Å². The molecular weight excluding hydrogens is 385 g/mol. The molecule has 1 saturated carbocycles. The molecule has 0 aromatic heterocycles. The Hall–Kier alpha value is -2.44. The lowest BCUT2D eigenvalue weighted by Gasteiger charge is -2.24. The molecule has 0 N–H and O–H groups in total. The Morgan fingerprint density at radius 3 is 1.97 bits per heavy atom. The van der Waals surface area contributed by atoms with Crippen LogP contribution < -0.4 is 15.9 Å². The summed E-state index contributed by atoms with van der Waals surface area (Å²) in [5.74, 6) is 1.54. The van der Waals surface area contributed by atoms with Gasteiger partial charge in [0.15, 0.2) is 0 Å². The van der Waals surface area contributed by atoms with E-state index in [9.17, 15) is 0 Å². The predicted octanol–water partition coefficient (Wildman–Crippen LogP) is 5.17. The average molecular weight is 414 g/mol. The summed E-state index contributed by atoms with van der Waals surface area (Å²) in [6, 6.07) is 30.8. The zero-order valence-corrected chi connectivity index (χ0v) is 18.2. The summed E-state index contributed by atoms with van der Waals surface area (Å²) in [7, 11) is -0.672. The van der Waals surface area contributed by atoms with E-state index >= 15 is 0 Å². The van der Waals surface area contributed by atoms with Crippen molar-refractivity contribution in [2.75, 3.05) is 6.61 Å². The van der Waals surface area contributed by atoms with Gasteiger partial charge in [0, 0.05) is 5.56 Å². The van der Waals surface area contributed by atoms with Gasteiger partial charge in [0.2, 0.25) is 5.90 Å². The van der Waals surface area contributed by atoms with Crippen molar-refractivity contribution >= 4 is 29.7 Å². The van der Waals surface area contributed by atoms with Crippen LogP contribution in [0.1, 0.15) is 37.7 Å². The van der Waals surface area contributed by atoms with Crippen LogP contribution in [0.15, 0.2) is 89.9 Å². The lowest BCUT2D eigenvalue weighted by atomic mass is 9.84. The Bertz CT molecular complexity index is 956. The second-order valence-corrected chi connectivity index (χ2v) is 10.4. The first-order valence-corrected chi connectivity index (χ1v) is 12.4. The van der Waals surface area contributed by atoms with Gasteiger partial charge in [-0.3, -0.25) is 0 Å². The molecule has 1 fully saturated rings. The molecule has 0 radical (unpaired) electrons. The maximum atomic E-state index is 6.23. The van der Waals surface area contributed by atoms with Gasteiger partial charge >= 0.3 is 0 Å². The van der Waals surface area contributed by atoms with Crippen molar-refractivity contribution in [2.24, 2.45) is 10.9 Å². The highest BCUT2D eigenvalue weighted by atomic mass is 31.1. The number of aliphatic imine (C=N–C) groups is 1. The molecule has 5 rings (SSSR count). The van der Waals surface area contributed by atoms with Crippen molar-refractivity contribution in [1.82, 2.24) is 0 Å². The summed E-state index contributed by atoms with van der Waals surface area (Å²) in [5, 5.41) is 4.04. The van der Waals surface area contributed by atoms with Crippen LogP contribution in [0.4, 0.5) is 0 Å². The van der Waals surface area contributed by atoms with Crippen molar-refractivity contribution in [2.45, 2.75) is 38.1 Å². The van der Waals surface area contributed by atoms with Crippen molar-refractivity contribution < 1.29 is 4.74 Å². The van der Waals surface area contributed by atoms with Gasteiger partial charge in [-0.1, -0.05) is 98.1 Å². The standard InChI is InChI=1S/C27H28NOP/c1-4-12-21(13-5-1)25-20-29-27(28-25)24-18-10-11-19-26(24)30(22-14-6-2-7-15-22)23-16-8-3-9-17-23/h2-3,6-11,14-19,21,25H,1,4-5,12-13,20H2. The lowest BCUT2D eigenvalue weighted by molar-refractivity contribution is 0.241. The van der Waals surface area contributed by atoms with E-state index in [1.54, 1.807) is 0 Å². The van der Waals surface area contributed by atoms with Crippen molar-refractivity contribution in [3.05, 3.63) is 90.5 Å². The Labute approximate surface area is 180 Å². The second-order valence-electron chi connectivity index (χ2n) is 8.23. The van der Waals surface area contributed by atoms with Gasteiger partial charge < -0.3 is 4.74 Å². The lowest BCUT2D eigenvalue weighted by Crippen LogP contribution is -2.25. The molecule has 0 saturated heterocycles. The van der Waals surface area contributed by atoms with Crippen LogP contribution in [0.5, 0.6) is 0 Å². The van der Waals surface area contributed by atoms with Crippen molar-refractivity contribution in [3.63, 3.8) is 0 Å². The topological polar surface area (TPSA) is 21.6 Å². The largest absolute Gasteiger partial charge is 0.475 e. The molecule has 3 aromatic carbocycles. The van der Waals surface area contributed by atoms with Crippen molar-refractivity contribution in [3.8, 4) is 0 Å². The van der Waals surface area contributed by atoms with Crippen LogP contribution >= 0.6 is 7.92 Å². The first-order chi connectivity index (χ1) is 14.9. The molecule has 1 unspecified atom stereocenters. The Morgan fingerprint density at radius 2 is 1.30 bits per heavy atom. The molecule has 3 heteroatoms. The zero-order chi connectivity index (χ0) is 20.2. The fourth-order valence-corrected chi connectivity index (χ4v) is 7.17. The van der Waals surface area contributed by atoms with Gasteiger partial charge in [0.1, 0.15) is 6.61 Å². The van der Waals surface area contributed by atoms with Crippen LogP contribution in [0.3, 0.4) is 0 Å². The number of rotatable bonds is 5. The molecule has 2 nitrogen and oxygen atoms in total. The van der Waals surface area contributed by atoms with Gasteiger partial charge in [-0.2, -0.15) is 0 Å². The fraction of sp³-hybridized carbons (Fsp3) is 0.296. The quantitative estimate of drug-likeness (QED) is 0.529. The second kappa shape index (κ2) is 9.14. The monoisotopic (exact) mass is 413 g/mol. The zero-order valence-electron chi connectivity index (χ0n) is 17.3. The molecular formula is C27H28NOP. The molecule has 1 atom stereocenters. The van der Waals surface area contributed by atoms with Gasteiger partial charge in [-0.15, -0.1) is 0 Å². The van der Waals surface area contributed by atoms with Crippen LogP contribution in [-0.4, -0.2) is 18.5 Å². The molecule has 0 spiro atoms. The third-order valence-corrected chi connectivity index (χ3v) is 8.77. The molecule has 1 heterocycles. The summed E-state index contributed by atoms with van der Waals surface area (Å²) in [6.07, 6.45) is 6.66. The highest BCUT2D eigenvalue weighted by Crippen LogP contribution is 2.36. The van der Waals surface area contributed by atoms with Crippen molar-refractivity contribution in [1.29, 1.82) is 0 Å². The number of nitrogens with zero attached hydrogens (tertiary/aromatic N) is 1. The molecule has 2 aliphatic rings. The Kier molecular flexibility index (Phi) is 5.95. The smallest absolute Gasteiger partial charge is 0.217 e. The summed E-state index contributed by atoms with van der Waals surface area (Å²) in [4.78, 5) is 5.12. The van der Waals surface area contributed by atoms with Crippen LogP contribution in [0, 0.1) is 5.92 Å². The number of hydrogen-bond acceptors (Lipinski definition) is 2. The van der Waals surface area contributed by atoms with Gasteiger partial charge in [-0.25, -0.2) is 4.99 Å². The number of ether oxygens (including phenoxy) is 1. The summed E-state index contributed by atoms with van der Waals surface area (Å²) in [5.41, 5.74) is 1.16. The van der Waals surface area contributed by atoms with E-state index in [0.717, 1.165) is 18.1 Å². The van der Waals surface area contributed by atoms with Crippen LogP contribution in [-0.2, 0) is 4.74 Å². The number of benzene rings is 3. The summed E-state index contributed by atoms with van der Waals surface area (Å²) in [6.45, 7) is 0.739. The highest BCUT2D eigenvalue weighted by Gasteiger charge is 2.31. The van der Waals surface area contributed by atoms with Gasteiger partial charge in [0.05, 0.1) is 6.04 Å². The summed E-state index contributed by atoms with van der Waals surface area (Å²) < 4.78 is 6.23. The first kappa shape index (κ1) is 19.5. The molecule has 1 aliphatic heterocycles. The maximum absolute atomic E-state index is 6.23. The molecule has 1 aliphatic carbocycles. The third kappa shape index (κ3) is 4.07. The van der Waals surface area contributed by atoms with Crippen LogP contribution in [0.25, 0.3) is 0 Å².